The number of carbonyl (C=O) groups is 2. The number of thiol groups is 1. The molecule has 1 rings (SSSR count). The van der Waals surface area contributed by atoms with Gasteiger partial charge in [0.1, 0.15) is 6.04 Å². The maximum atomic E-state index is 12.4. The Morgan fingerprint density at radius 1 is 1.35 bits per heavy atom. The molecule has 0 aromatic carbocycles. The van der Waals surface area contributed by atoms with Crippen LogP contribution in [0.5, 0.6) is 0 Å². The number of hydrogen-bond acceptors (Lipinski definition) is 4. The van der Waals surface area contributed by atoms with E-state index in [0.717, 1.165) is 32.1 Å². The molecule has 0 aromatic rings. The lowest BCUT2D eigenvalue weighted by molar-refractivity contribution is -0.142. The SMILES string of the molecule is CN1C(=O)[C@H](CS)CCCCCC[C@H]1C(=O)NCCO. The summed E-state index contributed by atoms with van der Waals surface area (Å²) in [7, 11) is 1.70. The summed E-state index contributed by atoms with van der Waals surface area (Å²) >= 11 is 4.27. The molecule has 20 heavy (non-hydrogen) atoms. The molecule has 1 saturated heterocycles. The lowest BCUT2D eigenvalue weighted by atomic mass is 9.96. The van der Waals surface area contributed by atoms with Crippen molar-refractivity contribution in [3.05, 3.63) is 0 Å². The molecule has 0 spiro atoms. The van der Waals surface area contributed by atoms with Crippen molar-refractivity contribution in [1.29, 1.82) is 0 Å². The Morgan fingerprint density at radius 3 is 2.60 bits per heavy atom. The fourth-order valence-electron chi connectivity index (χ4n) is 2.61. The molecular weight excluding hydrogens is 276 g/mol. The molecule has 0 unspecified atom stereocenters. The van der Waals surface area contributed by atoms with Gasteiger partial charge in [-0.3, -0.25) is 9.59 Å². The largest absolute Gasteiger partial charge is 0.395 e. The van der Waals surface area contributed by atoms with Gasteiger partial charge >= 0.3 is 0 Å². The molecule has 1 fully saturated rings. The molecule has 1 heterocycles. The van der Waals surface area contributed by atoms with E-state index in [2.05, 4.69) is 17.9 Å². The molecule has 2 N–H and O–H groups in total. The highest BCUT2D eigenvalue weighted by Crippen LogP contribution is 2.21. The van der Waals surface area contributed by atoms with Crippen LogP contribution < -0.4 is 5.32 Å². The Kier molecular flexibility index (Phi) is 7.99. The van der Waals surface area contributed by atoms with E-state index in [0.29, 0.717) is 12.2 Å². The highest BCUT2D eigenvalue weighted by Gasteiger charge is 2.30. The molecule has 1 aliphatic heterocycles. The summed E-state index contributed by atoms with van der Waals surface area (Å²) < 4.78 is 0. The molecule has 0 bridgehead atoms. The minimum absolute atomic E-state index is 0.00560. The van der Waals surface area contributed by atoms with Crippen LogP contribution in [0.15, 0.2) is 0 Å². The van der Waals surface area contributed by atoms with Gasteiger partial charge in [0.05, 0.1) is 6.61 Å². The minimum Gasteiger partial charge on any atom is -0.395 e. The second-order valence-electron chi connectivity index (χ2n) is 5.35. The van der Waals surface area contributed by atoms with Crippen molar-refractivity contribution in [2.45, 2.75) is 44.6 Å². The standard InChI is InChI=1S/C14H26N2O3S/c1-16-12(13(18)15-8-9-17)7-5-3-2-4-6-11(10-20)14(16)19/h11-12,17,20H,2-10H2,1H3,(H,15,18)/t11-,12-/m0/s1. The predicted molar refractivity (Wildman–Crippen MR) is 81.7 cm³/mol. The van der Waals surface area contributed by atoms with Crippen LogP contribution in [-0.2, 0) is 9.59 Å². The minimum atomic E-state index is -0.436. The van der Waals surface area contributed by atoms with Gasteiger partial charge in [-0.25, -0.2) is 0 Å². The lowest BCUT2D eigenvalue weighted by Gasteiger charge is -2.31. The van der Waals surface area contributed by atoms with Crippen LogP contribution in [0.3, 0.4) is 0 Å². The monoisotopic (exact) mass is 302 g/mol. The molecule has 2 atom stereocenters. The number of rotatable bonds is 4. The highest BCUT2D eigenvalue weighted by atomic mass is 32.1. The van der Waals surface area contributed by atoms with Gasteiger partial charge in [-0.2, -0.15) is 12.6 Å². The summed E-state index contributed by atoms with van der Waals surface area (Å²) in [6.07, 6.45) is 5.71. The smallest absolute Gasteiger partial charge is 0.242 e. The Morgan fingerprint density at radius 2 is 2.00 bits per heavy atom. The average molecular weight is 302 g/mol. The second kappa shape index (κ2) is 9.23. The average Bonchev–Trinajstić information content (AvgIpc) is 2.46. The third-order valence-corrected chi connectivity index (χ3v) is 4.32. The summed E-state index contributed by atoms with van der Waals surface area (Å²) in [6.45, 7) is 0.142. The number of carbonyl (C=O) groups excluding carboxylic acids is 2. The Hall–Kier alpha value is -0.750. The van der Waals surface area contributed by atoms with Crippen molar-refractivity contribution < 1.29 is 14.7 Å². The number of nitrogens with zero attached hydrogens (tertiary/aromatic N) is 1. The summed E-state index contributed by atoms with van der Waals surface area (Å²) in [5.41, 5.74) is 0. The molecule has 6 heteroatoms. The van der Waals surface area contributed by atoms with Crippen LogP contribution >= 0.6 is 12.6 Å². The first-order valence-corrected chi connectivity index (χ1v) is 8.01. The molecule has 0 aliphatic carbocycles. The van der Waals surface area contributed by atoms with E-state index >= 15 is 0 Å². The van der Waals surface area contributed by atoms with Gasteiger partial charge in [-0.05, 0) is 12.8 Å². The van der Waals surface area contributed by atoms with Crippen molar-refractivity contribution in [3.8, 4) is 0 Å². The van der Waals surface area contributed by atoms with Crippen molar-refractivity contribution in [2.75, 3.05) is 26.0 Å². The summed E-state index contributed by atoms with van der Waals surface area (Å²) in [5.74, 6) is 0.253. The number of hydrogen-bond donors (Lipinski definition) is 3. The van der Waals surface area contributed by atoms with Gasteiger partial charge in [0.2, 0.25) is 11.8 Å². The predicted octanol–water partition coefficient (Wildman–Crippen LogP) is 0.822. The van der Waals surface area contributed by atoms with Gasteiger partial charge in [0, 0.05) is 25.3 Å². The van der Waals surface area contributed by atoms with Crippen molar-refractivity contribution >= 4 is 24.4 Å². The molecular formula is C14H26N2O3S. The van der Waals surface area contributed by atoms with Gasteiger partial charge in [-0.15, -0.1) is 0 Å². The molecule has 116 valence electrons. The number of aliphatic hydroxyl groups is 1. The fraction of sp³-hybridized carbons (Fsp3) is 0.857. The Balaban J connectivity index is 2.77. The van der Waals surface area contributed by atoms with Crippen LogP contribution in [0.2, 0.25) is 0 Å². The van der Waals surface area contributed by atoms with E-state index < -0.39 is 6.04 Å². The van der Waals surface area contributed by atoms with Crippen LogP contribution in [-0.4, -0.2) is 53.8 Å². The van der Waals surface area contributed by atoms with Crippen LogP contribution in [0, 0.1) is 5.92 Å². The number of likely N-dealkylation sites (N-methyl/N-ethyl adjacent to an activating group) is 1. The van der Waals surface area contributed by atoms with E-state index in [1.165, 1.54) is 0 Å². The summed E-state index contributed by atoms with van der Waals surface area (Å²) in [4.78, 5) is 26.1. The Bertz CT molecular complexity index is 326. The lowest BCUT2D eigenvalue weighted by Crippen LogP contribution is -2.50. The first kappa shape index (κ1) is 17.3. The highest BCUT2D eigenvalue weighted by molar-refractivity contribution is 7.80. The topological polar surface area (TPSA) is 69.6 Å². The molecule has 0 saturated carbocycles. The van der Waals surface area contributed by atoms with E-state index in [4.69, 9.17) is 5.11 Å². The maximum Gasteiger partial charge on any atom is 0.242 e. The normalized spacial score (nSPS) is 25.4. The fourth-order valence-corrected chi connectivity index (χ4v) is 2.95. The summed E-state index contributed by atoms with van der Waals surface area (Å²) in [5, 5.41) is 11.5. The number of amides is 2. The first-order valence-electron chi connectivity index (χ1n) is 7.38. The zero-order valence-corrected chi connectivity index (χ0v) is 13.1. The van der Waals surface area contributed by atoms with Crippen LogP contribution in [0.1, 0.15) is 38.5 Å². The van der Waals surface area contributed by atoms with E-state index in [-0.39, 0.29) is 30.9 Å². The molecule has 5 nitrogen and oxygen atoms in total. The van der Waals surface area contributed by atoms with E-state index in [1.807, 2.05) is 0 Å². The first-order chi connectivity index (χ1) is 9.61. The third-order valence-electron chi connectivity index (χ3n) is 3.88. The molecule has 0 aromatic heterocycles. The quantitative estimate of drug-likeness (QED) is 0.674. The summed E-state index contributed by atoms with van der Waals surface area (Å²) in [6, 6.07) is -0.436. The van der Waals surface area contributed by atoms with Crippen LogP contribution in [0.4, 0.5) is 0 Å². The van der Waals surface area contributed by atoms with Crippen molar-refractivity contribution in [2.24, 2.45) is 5.92 Å². The molecule has 0 radical (unpaired) electrons. The van der Waals surface area contributed by atoms with Crippen molar-refractivity contribution in [3.63, 3.8) is 0 Å². The van der Waals surface area contributed by atoms with E-state index in [9.17, 15) is 9.59 Å². The maximum absolute atomic E-state index is 12.4. The zero-order valence-electron chi connectivity index (χ0n) is 12.2. The van der Waals surface area contributed by atoms with Crippen LogP contribution in [0.25, 0.3) is 0 Å². The van der Waals surface area contributed by atoms with E-state index in [1.54, 1.807) is 11.9 Å². The third kappa shape index (κ3) is 4.98. The second-order valence-corrected chi connectivity index (χ2v) is 5.72. The van der Waals surface area contributed by atoms with Gasteiger partial charge < -0.3 is 15.3 Å². The zero-order chi connectivity index (χ0) is 15.0. The van der Waals surface area contributed by atoms with Crippen molar-refractivity contribution in [1.82, 2.24) is 10.2 Å². The van der Waals surface area contributed by atoms with Gasteiger partial charge in [-0.1, -0.05) is 25.7 Å². The molecule has 2 amide bonds. The van der Waals surface area contributed by atoms with Gasteiger partial charge in [0.15, 0.2) is 0 Å². The molecule has 1 aliphatic rings. The number of nitrogens with one attached hydrogen (secondary N) is 1. The Labute approximate surface area is 126 Å². The van der Waals surface area contributed by atoms with Gasteiger partial charge in [0.25, 0.3) is 0 Å². The number of aliphatic hydroxyl groups excluding tert-OH is 1.